The van der Waals surface area contributed by atoms with Crippen LogP contribution in [0.25, 0.3) is 0 Å². The maximum absolute atomic E-state index is 8.01. The van der Waals surface area contributed by atoms with E-state index in [0.29, 0.717) is 0 Å². The molecule has 0 aliphatic rings. The van der Waals surface area contributed by atoms with Crippen molar-refractivity contribution in [3.8, 4) is 36.4 Å². The van der Waals surface area contributed by atoms with E-state index >= 15 is 0 Å². The Balaban J connectivity index is -0.000000130. The molecule has 0 radical (unpaired) electrons. The first-order valence-electron chi connectivity index (χ1n) is 4.82. The molecule has 0 amide bonds. The van der Waals surface area contributed by atoms with Crippen molar-refractivity contribution >= 4 is 75.8 Å². The Labute approximate surface area is 192 Å². The molecule has 0 atom stereocenters. The van der Waals surface area contributed by atoms with Crippen molar-refractivity contribution in [2.45, 2.75) is 0 Å². The minimum atomic E-state index is -0.109. The molecule has 0 aliphatic heterocycles. The van der Waals surface area contributed by atoms with E-state index in [9.17, 15) is 0 Å². The van der Waals surface area contributed by atoms with Crippen LogP contribution in [0.2, 0.25) is 0 Å². The van der Waals surface area contributed by atoms with Crippen molar-refractivity contribution in [3.05, 3.63) is 29.4 Å². The van der Waals surface area contributed by atoms with Gasteiger partial charge in [0.1, 0.15) is 0 Å². The van der Waals surface area contributed by atoms with Crippen molar-refractivity contribution in [2.75, 3.05) is 0 Å². The summed E-state index contributed by atoms with van der Waals surface area (Å²) in [5, 5.41) is 48.0. The third-order valence-electron chi connectivity index (χ3n) is 1.23. The first-order valence-corrected chi connectivity index (χ1v) is 7.27. The van der Waals surface area contributed by atoms with E-state index in [2.05, 4.69) is 75.8 Å². The molecule has 0 spiro atoms. The summed E-state index contributed by atoms with van der Waals surface area (Å²) in [7, 11) is 0. The Morgan fingerprint density at radius 2 is 0.440 bits per heavy atom. The molecule has 0 aliphatic carbocycles. The number of rotatable bonds is 0. The van der Waals surface area contributed by atoms with Crippen LogP contribution in [0.3, 0.4) is 0 Å². The standard InChI is InChI=1S/3C4H2N2S2.W/c3*5-1-3(7)4(8)2-6;/h3*7-8H;/p-6. The Morgan fingerprint density at radius 1 is 0.360 bits per heavy atom. The molecule has 25 heavy (non-hydrogen) atoms. The summed E-state index contributed by atoms with van der Waals surface area (Å²) < 4.78 is 0. The minimum absolute atomic E-state index is 0. The summed E-state index contributed by atoms with van der Waals surface area (Å²) in [6, 6.07) is 9.50. The van der Waals surface area contributed by atoms with E-state index in [0.717, 1.165) is 0 Å². The zero-order valence-corrected chi connectivity index (χ0v) is 19.4. The van der Waals surface area contributed by atoms with Crippen LogP contribution >= 0.6 is 0 Å². The summed E-state index contributed by atoms with van der Waals surface area (Å²) in [6.07, 6.45) is 0. The van der Waals surface area contributed by atoms with Crippen molar-refractivity contribution in [2.24, 2.45) is 0 Å². The van der Waals surface area contributed by atoms with Gasteiger partial charge < -0.3 is 75.8 Å². The molecule has 0 unspecified atom stereocenters. The van der Waals surface area contributed by atoms with Gasteiger partial charge in [0, 0.05) is 21.1 Å². The van der Waals surface area contributed by atoms with Gasteiger partial charge in [0.2, 0.25) is 0 Å². The van der Waals surface area contributed by atoms with Crippen LogP contribution in [-0.4, -0.2) is 0 Å². The molecule has 13 heteroatoms. The molecule has 0 fully saturated rings. The van der Waals surface area contributed by atoms with Crippen LogP contribution in [0.1, 0.15) is 0 Å². The van der Waals surface area contributed by atoms with Gasteiger partial charge in [0.15, 0.2) is 0 Å². The molecule has 0 aromatic rings. The average Bonchev–Trinajstić information content (AvgIpc) is 2.64. The fourth-order valence-electron chi connectivity index (χ4n) is 0.305. The van der Waals surface area contributed by atoms with Crippen molar-refractivity contribution in [1.29, 1.82) is 31.6 Å². The van der Waals surface area contributed by atoms with E-state index in [1.54, 1.807) is 36.4 Å². The summed E-state index contributed by atoms with van der Waals surface area (Å²) in [5.74, 6) is 0. The van der Waals surface area contributed by atoms with E-state index in [1.165, 1.54) is 0 Å². The smallest absolute Gasteiger partial charge is 0.0694 e. The van der Waals surface area contributed by atoms with Crippen LogP contribution in [-0.2, 0) is 96.8 Å². The van der Waals surface area contributed by atoms with Gasteiger partial charge in [-0.15, -0.1) is 29.4 Å². The first kappa shape index (κ1) is 31.0. The van der Waals surface area contributed by atoms with Gasteiger partial charge in [-0.3, -0.25) is 0 Å². The molecule has 126 valence electrons. The Bertz CT molecular complexity index is 629. The van der Waals surface area contributed by atoms with E-state index in [1.807, 2.05) is 0 Å². The molecule has 0 heterocycles. The first-order chi connectivity index (χ1) is 11.2. The molecular formula is C12N6S6W-6. The van der Waals surface area contributed by atoms with Crippen molar-refractivity contribution < 1.29 is 21.1 Å². The zero-order chi connectivity index (χ0) is 19.7. The topological polar surface area (TPSA) is 143 Å². The van der Waals surface area contributed by atoms with Crippen LogP contribution in [0.5, 0.6) is 0 Å². The van der Waals surface area contributed by atoms with Crippen LogP contribution in [0, 0.1) is 68.0 Å². The van der Waals surface area contributed by atoms with Crippen molar-refractivity contribution in [3.63, 3.8) is 0 Å². The van der Waals surface area contributed by atoms with Gasteiger partial charge in [0.25, 0.3) is 0 Å². The molecule has 0 saturated heterocycles. The molecular weight excluding hydrogens is 604 g/mol. The monoisotopic (exact) mass is 604 g/mol. The number of nitrogens with zero attached hydrogens (tertiary/aromatic N) is 6. The number of hydrogen-bond acceptors (Lipinski definition) is 12. The molecule has 0 aromatic carbocycles. The molecule has 0 bridgehead atoms. The molecule has 0 rings (SSSR count). The van der Waals surface area contributed by atoms with Gasteiger partial charge in [-0.25, -0.2) is 0 Å². The molecule has 6 nitrogen and oxygen atoms in total. The summed E-state index contributed by atoms with van der Waals surface area (Å²) in [6.45, 7) is 0. The maximum atomic E-state index is 8.01. The fourth-order valence-corrected chi connectivity index (χ4v) is 0.578. The van der Waals surface area contributed by atoms with Crippen LogP contribution in [0.15, 0.2) is 29.4 Å². The Kier molecular flexibility index (Phi) is 25.1. The third-order valence-corrected chi connectivity index (χ3v) is 3.39. The summed E-state index contributed by atoms with van der Waals surface area (Å²) >= 11 is 26.1. The summed E-state index contributed by atoms with van der Waals surface area (Å²) in [5.41, 5.74) is 0. The van der Waals surface area contributed by atoms with E-state index in [-0.39, 0.29) is 50.5 Å². The van der Waals surface area contributed by atoms with E-state index < -0.39 is 0 Å². The number of nitriles is 6. The second kappa shape index (κ2) is 20.2. The molecule has 0 aromatic heterocycles. The van der Waals surface area contributed by atoms with Gasteiger partial charge in [-0.1, -0.05) is 0 Å². The second-order valence-electron chi connectivity index (χ2n) is 2.65. The summed E-state index contributed by atoms with van der Waals surface area (Å²) in [4.78, 5) is -0.653. The largest absolute Gasteiger partial charge is 0.770 e. The predicted octanol–water partition coefficient (Wildman–Crippen LogP) is 1.01. The Morgan fingerprint density at radius 3 is 0.480 bits per heavy atom. The number of hydrogen-bond donors (Lipinski definition) is 0. The predicted molar refractivity (Wildman–Crippen MR) is 98.9 cm³/mol. The van der Waals surface area contributed by atoms with Crippen LogP contribution < -0.4 is 0 Å². The maximum Gasteiger partial charge on any atom is 0.0694 e. The molecule has 0 saturated carbocycles. The van der Waals surface area contributed by atoms with Gasteiger partial charge in [-0.2, -0.15) is 31.6 Å². The van der Waals surface area contributed by atoms with Gasteiger partial charge >= 0.3 is 0 Å². The van der Waals surface area contributed by atoms with Crippen molar-refractivity contribution in [1.82, 2.24) is 0 Å². The second-order valence-corrected chi connectivity index (χ2v) is 5.10. The Hall–Kier alpha value is -1.83. The molecule has 0 N–H and O–H groups in total. The zero-order valence-electron chi connectivity index (χ0n) is 11.5. The third kappa shape index (κ3) is 18.3. The SMILES string of the molecule is N#CC([S-])=C([S-])C#N.N#CC([S-])=C([S-])C#N.N#CC([S-])=C([S-])C#N.[W]. The number of allylic oxidation sites excluding steroid dienone is 6. The van der Waals surface area contributed by atoms with Gasteiger partial charge in [-0.05, 0) is 0 Å². The average molecular weight is 604 g/mol. The quantitative estimate of drug-likeness (QED) is 0.288. The van der Waals surface area contributed by atoms with E-state index in [4.69, 9.17) is 31.6 Å². The normalized spacial score (nSPS) is 10.3. The van der Waals surface area contributed by atoms with Crippen LogP contribution in [0.4, 0.5) is 0 Å². The fraction of sp³-hybridized carbons (Fsp3) is 0. The minimum Gasteiger partial charge on any atom is -0.770 e. The van der Waals surface area contributed by atoms with Gasteiger partial charge in [0.05, 0.1) is 36.4 Å².